The molecule has 2 atom stereocenters. The summed E-state index contributed by atoms with van der Waals surface area (Å²) in [6.45, 7) is 7.23. The van der Waals surface area contributed by atoms with E-state index in [1.54, 1.807) is 6.20 Å². The van der Waals surface area contributed by atoms with Gasteiger partial charge in [0.15, 0.2) is 5.11 Å². The van der Waals surface area contributed by atoms with Crippen LogP contribution in [0.25, 0.3) is 5.57 Å². The largest absolute Gasteiger partial charge is 0.365 e. The van der Waals surface area contributed by atoms with E-state index in [-0.39, 0.29) is 17.6 Å². The zero-order valence-corrected chi connectivity index (χ0v) is 21.4. The van der Waals surface area contributed by atoms with E-state index in [2.05, 4.69) is 77.2 Å². The molecule has 7 heteroatoms. The third-order valence-corrected chi connectivity index (χ3v) is 7.61. The summed E-state index contributed by atoms with van der Waals surface area (Å²) in [4.78, 5) is 13.4. The van der Waals surface area contributed by atoms with Crippen LogP contribution >= 0.6 is 23.8 Å². The number of benzene rings is 1. The molecule has 5 nitrogen and oxygen atoms in total. The van der Waals surface area contributed by atoms with Crippen molar-refractivity contribution in [1.82, 2.24) is 20.2 Å². The summed E-state index contributed by atoms with van der Waals surface area (Å²) in [5.74, 6) is 0. The highest BCUT2D eigenvalue weighted by Crippen LogP contribution is 2.47. The number of aromatic nitrogens is 2. The Morgan fingerprint density at radius 3 is 2.68 bits per heavy atom. The van der Waals surface area contributed by atoms with Crippen LogP contribution in [-0.4, -0.2) is 32.6 Å². The number of fused-ring (bicyclic) bond motifs is 1. The number of hydrogen-bond donors (Lipinski definition) is 1. The number of thiocarbonyl (C=S) groups is 1. The van der Waals surface area contributed by atoms with Crippen molar-refractivity contribution in [1.29, 1.82) is 0 Å². The number of allylic oxidation sites excluding steroid dienone is 1. The van der Waals surface area contributed by atoms with Crippen LogP contribution in [0.15, 0.2) is 67.1 Å². The topological polar surface area (TPSA) is 44.3 Å². The van der Waals surface area contributed by atoms with Gasteiger partial charge in [0.2, 0.25) is 0 Å². The number of nitrogens with one attached hydrogen (secondary N) is 1. The maximum absolute atomic E-state index is 7.04. The molecule has 1 saturated heterocycles. The Hall–Kier alpha value is -2.96. The van der Waals surface area contributed by atoms with Gasteiger partial charge < -0.3 is 15.1 Å². The van der Waals surface area contributed by atoms with Crippen LogP contribution in [-0.2, 0) is 6.54 Å². The molecule has 0 amide bonds. The van der Waals surface area contributed by atoms with Crippen LogP contribution in [0.3, 0.4) is 0 Å². The van der Waals surface area contributed by atoms with Crippen LogP contribution in [0.4, 0.5) is 5.69 Å². The van der Waals surface area contributed by atoms with E-state index in [0.717, 1.165) is 27.5 Å². The monoisotopic (exact) mass is 489 g/mol. The highest BCUT2D eigenvalue weighted by molar-refractivity contribution is 7.80. The third kappa shape index (κ3) is 3.95. The average Bonchev–Trinajstić information content (AvgIpc) is 3.14. The normalized spacial score (nSPS) is 21.2. The predicted octanol–water partition coefficient (Wildman–Crippen LogP) is 5.93. The smallest absolute Gasteiger partial charge is 0.170 e. The highest BCUT2D eigenvalue weighted by atomic mass is 35.5. The van der Waals surface area contributed by atoms with Crippen molar-refractivity contribution >= 4 is 40.2 Å². The number of hydrogen-bond acceptors (Lipinski definition) is 4. The van der Waals surface area contributed by atoms with Gasteiger partial charge in [-0.2, -0.15) is 0 Å². The van der Waals surface area contributed by atoms with Crippen LogP contribution in [0.2, 0.25) is 5.02 Å². The first-order chi connectivity index (χ1) is 16.3. The number of nitrogens with zero attached hydrogens (tertiary/aromatic N) is 4. The van der Waals surface area contributed by atoms with Crippen molar-refractivity contribution in [2.24, 2.45) is 0 Å². The first-order valence-corrected chi connectivity index (χ1v) is 12.2. The minimum atomic E-state index is -0.122. The standard InChI is InChI=1S/C27H28ClN5S/c1-17-14-27(2,3)32(4)23-13-21(28)20(12-19(17)23)25-24(22-9-5-6-11-30-22)31-26(34)33(25)16-18-8-7-10-29-15-18/h5-15,24-25H,16H2,1-4H3,(H,31,34)/t24-,25-/m1/s1. The Labute approximate surface area is 211 Å². The lowest BCUT2D eigenvalue weighted by Crippen LogP contribution is -2.42. The van der Waals surface area contributed by atoms with Gasteiger partial charge in [0.1, 0.15) is 0 Å². The molecule has 5 rings (SSSR count). The molecule has 0 spiro atoms. The molecular weight excluding hydrogens is 462 g/mol. The quantitative estimate of drug-likeness (QED) is 0.458. The molecule has 3 aromatic rings. The zero-order valence-electron chi connectivity index (χ0n) is 19.8. The number of anilines is 1. The van der Waals surface area contributed by atoms with Gasteiger partial charge in [0.25, 0.3) is 0 Å². The molecule has 2 aliphatic heterocycles. The number of pyridine rings is 2. The lowest BCUT2D eigenvalue weighted by molar-refractivity contribution is 0.311. The molecule has 4 heterocycles. The maximum Gasteiger partial charge on any atom is 0.170 e. The van der Waals surface area contributed by atoms with Crippen molar-refractivity contribution in [3.05, 3.63) is 94.5 Å². The van der Waals surface area contributed by atoms with E-state index in [4.69, 9.17) is 23.8 Å². The lowest BCUT2D eigenvalue weighted by atomic mass is 9.86. The highest BCUT2D eigenvalue weighted by Gasteiger charge is 2.41. The summed E-state index contributed by atoms with van der Waals surface area (Å²) in [5.41, 5.74) is 6.56. The van der Waals surface area contributed by atoms with Crippen LogP contribution in [0.1, 0.15) is 55.2 Å². The molecule has 174 valence electrons. The summed E-state index contributed by atoms with van der Waals surface area (Å²) < 4.78 is 0. The second-order valence-electron chi connectivity index (χ2n) is 9.55. The van der Waals surface area contributed by atoms with Crippen molar-refractivity contribution in [3.8, 4) is 0 Å². The van der Waals surface area contributed by atoms with Crippen molar-refractivity contribution in [3.63, 3.8) is 0 Å². The minimum Gasteiger partial charge on any atom is -0.365 e. The van der Waals surface area contributed by atoms with Gasteiger partial charge in [-0.1, -0.05) is 29.8 Å². The van der Waals surface area contributed by atoms with Crippen molar-refractivity contribution in [2.45, 2.75) is 44.9 Å². The summed E-state index contributed by atoms with van der Waals surface area (Å²) in [6, 6.07) is 14.1. The van der Waals surface area contributed by atoms with E-state index in [0.29, 0.717) is 11.7 Å². The number of rotatable bonds is 4. The number of halogens is 1. The third-order valence-electron chi connectivity index (χ3n) is 6.93. The molecule has 0 saturated carbocycles. The molecule has 2 aromatic heterocycles. The summed E-state index contributed by atoms with van der Waals surface area (Å²) in [5, 5.41) is 4.93. The molecule has 1 aromatic carbocycles. The van der Waals surface area contributed by atoms with Gasteiger partial charge >= 0.3 is 0 Å². The SMILES string of the molecule is CC1=CC(C)(C)N(C)c2cc(Cl)c([C@@H]3[C@@H](c4ccccn4)NC(=S)N3Cc3cccnc3)cc21. The molecule has 34 heavy (non-hydrogen) atoms. The minimum absolute atomic E-state index is 0.0821. The first kappa shape index (κ1) is 22.8. The molecule has 0 unspecified atom stereocenters. The predicted molar refractivity (Wildman–Crippen MR) is 143 cm³/mol. The molecule has 0 aliphatic carbocycles. The van der Waals surface area contributed by atoms with Crippen LogP contribution < -0.4 is 10.2 Å². The van der Waals surface area contributed by atoms with E-state index < -0.39 is 0 Å². The fourth-order valence-corrected chi connectivity index (χ4v) is 5.59. The van der Waals surface area contributed by atoms with Gasteiger partial charge in [-0.3, -0.25) is 9.97 Å². The lowest BCUT2D eigenvalue weighted by Gasteiger charge is -2.41. The van der Waals surface area contributed by atoms with Gasteiger partial charge in [0, 0.05) is 48.5 Å². The van der Waals surface area contributed by atoms with E-state index in [1.807, 2.05) is 36.7 Å². The zero-order chi connectivity index (χ0) is 24.0. The van der Waals surface area contributed by atoms with Gasteiger partial charge in [0.05, 0.1) is 23.3 Å². The van der Waals surface area contributed by atoms with E-state index >= 15 is 0 Å². The van der Waals surface area contributed by atoms with Crippen LogP contribution in [0, 0.1) is 0 Å². The second kappa shape index (κ2) is 8.67. The molecule has 1 fully saturated rings. The number of likely N-dealkylation sites (N-methyl/N-ethyl adjacent to an activating group) is 1. The Bertz CT molecular complexity index is 1260. The van der Waals surface area contributed by atoms with E-state index in [1.165, 1.54) is 11.1 Å². The fraction of sp³-hybridized carbons (Fsp3) is 0.296. The summed E-state index contributed by atoms with van der Waals surface area (Å²) in [6.07, 6.45) is 7.80. The van der Waals surface area contributed by atoms with Gasteiger partial charge in [-0.05, 0) is 80.0 Å². The van der Waals surface area contributed by atoms with Crippen molar-refractivity contribution in [2.75, 3.05) is 11.9 Å². The first-order valence-electron chi connectivity index (χ1n) is 11.4. The van der Waals surface area contributed by atoms with Crippen molar-refractivity contribution < 1.29 is 0 Å². The molecular formula is C27H28ClN5S. The Kier molecular flexibility index (Phi) is 5.82. The molecule has 2 aliphatic rings. The van der Waals surface area contributed by atoms with Gasteiger partial charge in [-0.15, -0.1) is 0 Å². The molecule has 0 radical (unpaired) electrons. The van der Waals surface area contributed by atoms with Gasteiger partial charge in [-0.25, -0.2) is 0 Å². The molecule has 0 bridgehead atoms. The van der Waals surface area contributed by atoms with E-state index in [9.17, 15) is 0 Å². The second-order valence-corrected chi connectivity index (χ2v) is 10.3. The maximum atomic E-state index is 7.04. The summed E-state index contributed by atoms with van der Waals surface area (Å²) >= 11 is 12.9. The molecule has 1 N–H and O–H groups in total. The Morgan fingerprint density at radius 1 is 1.15 bits per heavy atom. The summed E-state index contributed by atoms with van der Waals surface area (Å²) in [7, 11) is 2.12. The fourth-order valence-electron chi connectivity index (χ4n) is 5.02. The Balaban J connectivity index is 1.64. The van der Waals surface area contributed by atoms with Crippen LogP contribution in [0.5, 0.6) is 0 Å². The average molecular weight is 490 g/mol. The Morgan fingerprint density at radius 2 is 1.97 bits per heavy atom.